The molecule has 0 aromatic heterocycles. The van der Waals surface area contributed by atoms with Gasteiger partial charge in [-0.2, -0.15) is 0 Å². The van der Waals surface area contributed by atoms with Gasteiger partial charge in [0, 0.05) is 0 Å². The summed E-state index contributed by atoms with van der Waals surface area (Å²) in [6, 6.07) is 21.2. The fourth-order valence-electron chi connectivity index (χ4n) is 2.84. The van der Waals surface area contributed by atoms with Crippen molar-refractivity contribution in [3.63, 3.8) is 0 Å². The summed E-state index contributed by atoms with van der Waals surface area (Å²) in [5, 5.41) is 5.19. The second-order valence-electron chi connectivity index (χ2n) is 5.33. The van der Waals surface area contributed by atoms with Gasteiger partial charge in [0.2, 0.25) is 0 Å². The summed E-state index contributed by atoms with van der Waals surface area (Å²) >= 11 is 0. The van der Waals surface area contributed by atoms with E-state index in [9.17, 15) is 0 Å². The highest BCUT2D eigenvalue weighted by Crippen LogP contribution is 2.37. The van der Waals surface area contributed by atoms with E-state index in [1.165, 1.54) is 46.4 Å². The molecule has 1 aliphatic rings. The number of hydrogen-bond acceptors (Lipinski definition) is 0. The van der Waals surface area contributed by atoms with Crippen molar-refractivity contribution in [2.24, 2.45) is 0 Å². The molecule has 0 heterocycles. The van der Waals surface area contributed by atoms with Crippen molar-refractivity contribution in [1.82, 2.24) is 0 Å². The molecule has 0 aliphatic heterocycles. The minimum Gasteiger partial charge on any atom is -0.0616 e. The topological polar surface area (TPSA) is 0 Å². The van der Waals surface area contributed by atoms with E-state index < -0.39 is 0 Å². The maximum absolute atomic E-state index is 3.62. The third kappa shape index (κ3) is 1.53. The molecule has 0 unspecified atom stereocenters. The summed E-state index contributed by atoms with van der Waals surface area (Å²) in [5.41, 5.74) is 1.41. The minimum absolute atomic E-state index is 0.765. The predicted octanol–water partition coefficient (Wildman–Crippen LogP) is 5.06. The van der Waals surface area contributed by atoms with Crippen LogP contribution in [-0.2, 0) is 0 Å². The first-order valence-corrected chi connectivity index (χ1v) is 6.75. The Labute approximate surface area is 107 Å². The summed E-state index contributed by atoms with van der Waals surface area (Å²) in [5.74, 6) is 0.765. The van der Waals surface area contributed by atoms with Crippen LogP contribution >= 0.6 is 0 Å². The molecule has 3 aromatic rings. The van der Waals surface area contributed by atoms with E-state index in [1.54, 1.807) is 0 Å². The van der Waals surface area contributed by atoms with Crippen LogP contribution in [0.2, 0.25) is 0 Å². The van der Waals surface area contributed by atoms with Crippen LogP contribution in [-0.4, -0.2) is 0 Å². The van der Waals surface area contributed by atoms with Gasteiger partial charge in [-0.15, -0.1) is 0 Å². The summed E-state index contributed by atoms with van der Waals surface area (Å²) in [7, 11) is 0. The lowest BCUT2D eigenvalue weighted by Crippen LogP contribution is -2.08. The van der Waals surface area contributed by atoms with Crippen LogP contribution in [0.15, 0.2) is 48.5 Å². The maximum atomic E-state index is 3.62. The number of benzene rings is 3. The van der Waals surface area contributed by atoms with Gasteiger partial charge >= 0.3 is 0 Å². The summed E-state index contributed by atoms with van der Waals surface area (Å²) in [4.78, 5) is 0. The third-order valence-corrected chi connectivity index (χ3v) is 4.18. The Morgan fingerprint density at radius 3 is 2.33 bits per heavy atom. The van der Waals surface area contributed by atoms with E-state index in [2.05, 4.69) is 54.6 Å². The molecule has 0 heteroatoms. The molecular formula is C18H15. The predicted molar refractivity (Wildman–Crippen MR) is 76.9 cm³/mol. The quantitative estimate of drug-likeness (QED) is 0.513. The lowest BCUT2D eigenvalue weighted by Gasteiger charge is -2.25. The molecule has 4 rings (SSSR count). The summed E-state index contributed by atoms with van der Waals surface area (Å²) in [6.07, 6.45) is 4.07. The van der Waals surface area contributed by atoms with Gasteiger partial charge in [-0.05, 0) is 64.1 Å². The van der Waals surface area contributed by atoms with Crippen molar-refractivity contribution in [3.05, 3.63) is 60.2 Å². The molecule has 87 valence electrons. The van der Waals surface area contributed by atoms with Crippen LogP contribution in [0, 0.1) is 6.07 Å². The van der Waals surface area contributed by atoms with Crippen LogP contribution in [0.3, 0.4) is 0 Å². The third-order valence-electron chi connectivity index (χ3n) is 4.18. The zero-order chi connectivity index (χ0) is 11.9. The van der Waals surface area contributed by atoms with E-state index in [4.69, 9.17) is 0 Å². The van der Waals surface area contributed by atoms with Gasteiger partial charge in [-0.1, -0.05) is 42.8 Å². The molecule has 1 aliphatic carbocycles. The van der Waals surface area contributed by atoms with Crippen molar-refractivity contribution >= 4 is 21.5 Å². The monoisotopic (exact) mass is 231 g/mol. The Bertz CT molecular complexity index is 720. The molecule has 3 aromatic carbocycles. The van der Waals surface area contributed by atoms with Gasteiger partial charge in [0.1, 0.15) is 0 Å². The Hall–Kier alpha value is -1.82. The molecule has 0 atom stereocenters. The molecule has 1 radical (unpaired) electrons. The van der Waals surface area contributed by atoms with Crippen LogP contribution in [0.25, 0.3) is 21.5 Å². The molecule has 0 spiro atoms. The molecular weight excluding hydrogens is 216 g/mol. The van der Waals surface area contributed by atoms with E-state index in [-0.39, 0.29) is 0 Å². The van der Waals surface area contributed by atoms with Crippen LogP contribution in [0.5, 0.6) is 0 Å². The molecule has 0 nitrogen and oxygen atoms in total. The lowest BCUT2D eigenvalue weighted by atomic mass is 9.79. The number of hydrogen-bond donors (Lipinski definition) is 0. The fraction of sp³-hybridized carbons (Fsp3) is 0.222. The van der Waals surface area contributed by atoms with E-state index in [0.717, 1.165) is 5.92 Å². The SMILES string of the molecule is [c]1c(C2CCC2)ccc2cc3ccccc3cc12. The van der Waals surface area contributed by atoms with Crippen molar-refractivity contribution in [2.75, 3.05) is 0 Å². The van der Waals surface area contributed by atoms with Gasteiger partial charge in [0.15, 0.2) is 0 Å². The average molecular weight is 231 g/mol. The molecule has 0 bridgehead atoms. The van der Waals surface area contributed by atoms with Crippen molar-refractivity contribution in [3.8, 4) is 0 Å². The Morgan fingerprint density at radius 2 is 1.61 bits per heavy atom. The number of fused-ring (bicyclic) bond motifs is 2. The first kappa shape index (κ1) is 10.1. The normalized spacial score (nSPS) is 16.0. The van der Waals surface area contributed by atoms with Gasteiger partial charge < -0.3 is 0 Å². The van der Waals surface area contributed by atoms with Gasteiger partial charge in [0.05, 0.1) is 0 Å². The van der Waals surface area contributed by atoms with Gasteiger partial charge in [-0.3, -0.25) is 0 Å². The Kier molecular flexibility index (Phi) is 2.16. The largest absolute Gasteiger partial charge is 0.0616 e. The molecule has 0 amide bonds. The lowest BCUT2D eigenvalue weighted by molar-refractivity contribution is 0.419. The Morgan fingerprint density at radius 1 is 0.833 bits per heavy atom. The molecule has 18 heavy (non-hydrogen) atoms. The second-order valence-corrected chi connectivity index (χ2v) is 5.33. The van der Waals surface area contributed by atoms with Gasteiger partial charge in [0.25, 0.3) is 0 Å². The minimum atomic E-state index is 0.765. The highest BCUT2D eigenvalue weighted by molar-refractivity contribution is 5.98. The van der Waals surface area contributed by atoms with E-state index >= 15 is 0 Å². The van der Waals surface area contributed by atoms with Crippen LogP contribution < -0.4 is 0 Å². The number of rotatable bonds is 1. The molecule has 0 N–H and O–H groups in total. The van der Waals surface area contributed by atoms with E-state index in [0.29, 0.717) is 0 Å². The second kappa shape index (κ2) is 3.84. The molecule has 0 saturated heterocycles. The zero-order valence-corrected chi connectivity index (χ0v) is 10.3. The van der Waals surface area contributed by atoms with Crippen LogP contribution in [0.1, 0.15) is 30.7 Å². The van der Waals surface area contributed by atoms with E-state index in [1.807, 2.05) is 0 Å². The van der Waals surface area contributed by atoms with Gasteiger partial charge in [-0.25, -0.2) is 0 Å². The standard InChI is InChI=1S/C18H15/c1-2-5-15-11-18-12-16(13-6-3-7-13)8-9-17(18)10-14(15)4-1/h1-2,4-5,8-11,13H,3,6-7H2. The fourth-order valence-corrected chi connectivity index (χ4v) is 2.84. The summed E-state index contributed by atoms with van der Waals surface area (Å²) in [6.45, 7) is 0. The van der Waals surface area contributed by atoms with Crippen molar-refractivity contribution < 1.29 is 0 Å². The highest BCUT2D eigenvalue weighted by atomic mass is 14.2. The first-order chi connectivity index (χ1) is 8.90. The maximum Gasteiger partial charge on any atom is -0.00611 e. The molecule has 1 saturated carbocycles. The Balaban J connectivity index is 1.94. The molecule has 1 fully saturated rings. The highest BCUT2D eigenvalue weighted by Gasteiger charge is 2.19. The zero-order valence-electron chi connectivity index (χ0n) is 10.3. The van der Waals surface area contributed by atoms with Crippen molar-refractivity contribution in [2.45, 2.75) is 25.2 Å². The first-order valence-electron chi connectivity index (χ1n) is 6.75. The van der Waals surface area contributed by atoms with Crippen LogP contribution in [0.4, 0.5) is 0 Å². The summed E-state index contributed by atoms with van der Waals surface area (Å²) < 4.78 is 0. The van der Waals surface area contributed by atoms with Crippen molar-refractivity contribution in [1.29, 1.82) is 0 Å². The smallest absolute Gasteiger partial charge is 0.00611 e. The average Bonchev–Trinajstić information content (AvgIpc) is 2.34.